The van der Waals surface area contributed by atoms with Gasteiger partial charge in [-0.05, 0) is 62.7 Å². The van der Waals surface area contributed by atoms with Crippen molar-refractivity contribution in [2.75, 3.05) is 26.7 Å². The zero-order chi connectivity index (χ0) is 19.1. The average Bonchev–Trinajstić information content (AvgIpc) is 3.25. The molecule has 1 amide bonds. The standard InChI is InChI=1S/C23H31N3O/c1-3-15-25-23(27)20-13-11-19(12-14-20)21(18-9-5-4-6-10-18)22(24-2)26-16-7-8-17-26/h4-6,9-14,21-22,24H,3,7-8,15-17H2,1-2H3,(H,25,27)/t21?,22-/m0/s1. The minimum atomic E-state index is 0.00405. The van der Waals surface area contributed by atoms with Crippen molar-refractivity contribution in [2.45, 2.75) is 38.3 Å². The molecule has 0 bridgehead atoms. The molecule has 1 aliphatic heterocycles. The van der Waals surface area contributed by atoms with Crippen LogP contribution in [0.2, 0.25) is 0 Å². The molecule has 1 aliphatic rings. The number of hydrogen-bond donors (Lipinski definition) is 2. The summed E-state index contributed by atoms with van der Waals surface area (Å²) in [5.41, 5.74) is 3.26. The second-order valence-electron chi connectivity index (χ2n) is 7.24. The van der Waals surface area contributed by atoms with Crippen molar-refractivity contribution < 1.29 is 4.79 Å². The van der Waals surface area contributed by atoms with E-state index in [1.165, 1.54) is 24.0 Å². The molecule has 27 heavy (non-hydrogen) atoms. The van der Waals surface area contributed by atoms with Crippen LogP contribution in [0.4, 0.5) is 0 Å². The van der Waals surface area contributed by atoms with E-state index in [9.17, 15) is 4.79 Å². The van der Waals surface area contributed by atoms with Gasteiger partial charge < -0.3 is 10.6 Å². The molecule has 4 heteroatoms. The monoisotopic (exact) mass is 365 g/mol. The first kappa shape index (κ1) is 19.6. The lowest BCUT2D eigenvalue weighted by atomic mass is 9.87. The van der Waals surface area contributed by atoms with E-state index >= 15 is 0 Å². The smallest absolute Gasteiger partial charge is 0.251 e. The minimum Gasteiger partial charge on any atom is -0.352 e. The van der Waals surface area contributed by atoms with E-state index in [0.717, 1.165) is 25.1 Å². The fourth-order valence-electron chi connectivity index (χ4n) is 3.98. The maximum Gasteiger partial charge on any atom is 0.251 e. The van der Waals surface area contributed by atoms with E-state index < -0.39 is 0 Å². The third kappa shape index (κ3) is 4.76. The van der Waals surface area contributed by atoms with Crippen LogP contribution in [0.25, 0.3) is 0 Å². The Morgan fingerprint density at radius 1 is 1.00 bits per heavy atom. The van der Waals surface area contributed by atoms with Crippen LogP contribution in [0.5, 0.6) is 0 Å². The Hall–Kier alpha value is -2.17. The Bertz CT molecular complexity index is 708. The molecule has 1 heterocycles. The molecule has 2 N–H and O–H groups in total. The molecule has 144 valence electrons. The van der Waals surface area contributed by atoms with Crippen molar-refractivity contribution in [2.24, 2.45) is 0 Å². The first-order valence-electron chi connectivity index (χ1n) is 10.1. The van der Waals surface area contributed by atoms with Crippen molar-refractivity contribution >= 4 is 5.91 Å². The maximum atomic E-state index is 12.2. The third-order valence-electron chi connectivity index (χ3n) is 5.37. The Kier molecular flexibility index (Phi) is 7.02. The zero-order valence-electron chi connectivity index (χ0n) is 16.4. The Balaban J connectivity index is 1.89. The number of carbonyl (C=O) groups is 1. The number of rotatable bonds is 8. The third-order valence-corrected chi connectivity index (χ3v) is 5.37. The first-order chi connectivity index (χ1) is 13.2. The van der Waals surface area contributed by atoms with Gasteiger partial charge in [-0.2, -0.15) is 0 Å². The largest absolute Gasteiger partial charge is 0.352 e. The highest BCUT2D eigenvalue weighted by atomic mass is 16.1. The molecule has 0 saturated carbocycles. The number of nitrogens with one attached hydrogen (secondary N) is 2. The predicted octanol–water partition coefficient (Wildman–Crippen LogP) is 3.60. The normalized spacial score (nSPS) is 16.8. The lowest BCUT2D eigenvalue weighted by Crippen LogP contribution is -2.47. The van der Waals surface area contributed by atoms with E-state index in [1.54, 1.807) is 0 Å². The highest BCUT2D eigenvalue weighted by Crippen LogP contribution is 2.31. The van der Waals surface area contributed by atoms with Crippen LogP contribution in [0.1, 0.15) is 53.6 Å². The van der Waals surface area contributed by atoms with Gasteiger partial charge in [0.05, 0.1) is 6.17 Å². The van der Waals surface area contributed by atoms with Gasteiger partial charge in [0, 0.05) is 18.0 Å². The highest BCUT2D eigenvalue weighted by Gasteiger charge is 2.30. The van der Waals surface area contributed by atoms with E-state index in [0.29, 0.717) is 6.54 Å². The summed E-state index contributed by atoms with van der Waals surface area (Å²) in [7, 11) is 2.05. The summed E-state index contributed by atoms with van der Waals surface area (Å²) in [6, 6.07) is 18.8. The summed E-state index contributed by atoms with van der Waals surface area (Å²) >= 11 is 0. The minimum absolute atomic E-state index is 0.00405. The molecule has 2 atom stereocenters. The van der Waals surface area contributed by atoms with Gasteiger partial charge in [-0.25, -0.2) is 0 Å². The maximum absolute atomic E-state index is 12.2. The number of likely N-dealkylation sites (N-methyl/N-ethyl adjacent to an activating group) is 1. The number of hydrogen-bond acceptors (Lipinski definition) is 3. The lowest BCUT2D eigenvalue weighted by Gasteiger charge is -2.35. The van der Waals surface area contributed by atoms with Crippen LogP contribution in [0, 0.1) is 0 Å². The van der Waals surface area contributed by atoms with Crippen LogP contribution >= 0.6 is 0 Å². The Morgan fingerprint density at radius 3 is 2.22 bits per heavy atom. The van der Waals surface area contributed by atoms with E-state index in [4.69, 9.17) is 0 Å². The molecule has 1 unspecified atom stereocenters. The molecule has 1 saturated heterocycles. The van der Waals surface area contributed by atoms with Crippen LogP contribution in [0.3, 0.4) is 0 Å². The van der Waals surface area contributed by atoms with Gasteiger partial charge >= 0.3 is 0 Å². The van der Waals surface area contributed by atoms with Crippen molar-refractivity contribution in [3.8, 4) is 0 Å². The Labute approximate surface area is 163 Å². The average molecular weight is 366 g/mol. The number of likely N-dealkylation sites (tertiary alicyclic amines) is 1. The van der Waals surface area contributed by atoms with Crippen molar-refractivity contribution in [1.29, 1.82) is 0 Å². The summed E-state index contributed by atoms with van der Waals surface area (Å²) in [5, 5.41) is 6.50. The quantitative estimate of drug-likeness (QED) is 0.751. The van der Waals surface area contributed by atoms with E-state index in [-0.39, 0.29) is 18.0 Å². The Morgan fingerprint density at radius 2 is 1.63 bits per heavy atom. The molecule has 1 fully saturated rings. The fourth-order valence-corrected chi connectivity index (χ4v) is 3.98. The molecule has 3 rings (SSSR count). The summed E-state index contributed by atoms with van der Waals surface area (Å²) in [6.45, 7) is 5.03. The molecular formula is C23H31N3O. The van der Waals surface area contributed by atoms with Crippen molar-refractivity contribution in [1.82, 2.24) is 15.5 Å². The lowest BCUT2D eigenvalue weighted by molar-refractivity contribution is 0.0953. The molecule has 4 nitrogen and oxygen atoms in total. The number of carbonyl (C=O) groups excluding carboxylic acids is 1. The van der Waals surface area contributed by atoms with Gasteiger partial charge in [0.15, 0.2) is 0 Å². The second-order valence-corrected chi connectivity index (χ2v) is 7.24. The van der Waals surface area contributed by atoms with Gasteiger partial charge in [0.25, 0.3) is 5.91 Å². The molecule has 0 spiro atoms. The van der Waals surface area contributed by atoms with Crippen LogP contribution in [0.15, 0.2) is 54.6 Å². The number of nitrogens with zero attached hydrogens (tertiary/aromatic N) is 1. The fraction of sp³-hybridized carbons (Fsp3) is 0.435. The van der Waals surface area contributed by atoms with Crippen molar-refractivity contribution in [3.05, 3.63) is 71.3 Å². The zero-order valence-corrected chi connectivity index (χ0v) is 16.4. The van der Waals surface area contributed by atoms with Gasteiger partial charge in [-0.3, -0.25) is 9.69 Å². The van der Waals surface area contributed by atoms with Gasteiger partial charge in [0.2, 0.25) is 0 Å². The first-order valence-corrected chi connectivity index (χ1v) is 10.1. The van der Waals surface area contributed by atoms with Crippen LogP contribution < -0.4 is 10.6 Å². The summed E-state index contributed by atoms with van der Waals surface area (Å²) in [4.78, 5) is 14.8. The second kappa shape index (κ2) is 9.67. The number of amides is 1. The van der Waals surface area contributed by atoms with Crippen molar-refractivity contribution in [3.63, 3.8) is 0 Å². The molecular weight excluding hydrogens is 334 g/mol. The van der Waals surface area contributed by atoms with Crippen LogP contribution in [-0.4, -0.2) is 43.7 Å². The van der Waals surface area contributed by atoms with Crippen LogP contribution in [-0.2, 0) is 0 Å². The van der Waals surface area contributed by atoms with E-state index in [2.05, 4.69) is 64.9 Å². The molecule has 2 aromatic rings. The number of benzene rings is 2. The van der Waals surface area contributed by atoms with Gasteiger partial charge in [0.1, 0.15) is 0 Å². The predicted molar refractivity (Wildman–Crippen MR) is 111 cm³/mol. The summed E-state index contributed by atoms with van der Waals surface area (Å²) in [5.74, 6) is 0.228. The highest BCUT2D eigenvalue weighted by molar-refractivity contribution is 5.94. The topological polar surface area (TPSA) is 44.4 Å². The van der Waals surface area contributed by atoms with Gasteiger partial charge in [-0.15, -0.1) is 0 Å². The molecule has 0 radical (unpaired) electrons. The molecule has 0 aromatic heterocycles. The summed E-state index contributed by atoms with van der Waals surface area (Å²) in [6.07, 6.45) is 3.71. The van der Waals surface area contributed by atoms with E-state index in [1.807, 2.05) is 19.2 Å². The molecule has 2 aromatic carbocycles. The summed E-state index contributed by atoms with van der Waals surface area (Å²) < 4.78 is 0. The SMILES string of the molecule is CCCNC(=O)c1ccc(C(c2ccccc2)[C@@H](NC)N2CCCC2)cc1. The molecule has 0 aliphatic carbocycles. The van der Waals surface area contributed by atoms with Gasteiger partial charge in [-0.1, -0.05) is 49.4 Å².